The minimum atomic E-state index is -3.64. The number of hydrogen-bond acceptors (Lipinski definition) is 5. The number of carbonyl (C=O) groups excluding carboxylic acids is 1. The molecule has 3 rings (SSSR count). The minimum Gasteiger partial charge on any atom is -0.468 e. The third kappa shape index (κ3) is 4.78. The molecule has 2 atom stereocenters. The predicted octanol–water partition coefficient (Wildman–Crippen LogP) is 4.20. The molecule has 2 aliphatic rings. The molecule has 1 aliphatic carbocycles. The molecule has 9 heteroatoms. The Morgan fingerprint density at radius 3 is 2.58 bits per heavy atom. The lowest BCUT2D eigenvalue weighted by Gasteiger charge is -2.49. The van der Waals surface area contributed by atoms with Crippen molar-refractivity contribution in [1.82, 2.24) is 4.31 Å². The number of carbonyl (C=O) groups is 1. The topological polar surface area (TPSA) is 83.9 Å². The van der Waals surface area contributed by atoms with Crippen LogP contribution in [-0.4, -0.2) is 47.8 Å². The molecule has 0 radical (unpaired) electrons. The zero-order valence-electron chi connectivity index (χ0n) is 19.4. The fraction of sp³-hybridized carbons (Fsp3) is 0.542. The van der Waals surface area contributed by atoms with E-state index in [1.54, 1.807) is 32.1 Å². The lowest BCUT2D eigenvalue weighted by atomic mass is 9.56. The highest BCUT2D eigenvalue weighted by atomic mass is 127. The fourth-order valence-corrected chi connectivity index (χ4v) is 8.11. The third-order valence-electron chi connectivity index (χ3n) is 6.83. The van der Waals surface area contributed by atoms with Crippen LogP contribution >= 0.6 is 22.6 Å². The Morgan fingerprint density at radius 1 is 1.39 bits per heavy atom. The quantitative estimate of drug-likeness (QED) is 0.305. The zero-order valence-corrected chi connectivity index (χ0v) is 22.4. The lowest BCUT2D eigenvalue weighted by molar-refractivity contribution is -0.166. The zero-order chi connectivity index (χ0) is 24.8. The number of ether oxygens (including phenoxy) is 1. The summed E-state index contributed by atoms with van der Waals surface area (Å²) in [6.45, 7) is 8.95. The van der Waals surface area contributed by atoms with Gasteiger partial charge in [-0.05, 0) is 86.7 Å². The summed E-state index contributed by atoms with van der Waals surface area (Å²) in [4.78, 5) is 12.5. The first-order chi connectivity index (χ1) is 15.3. The van der Waals surface area contributed by atoms with Crippen molar-refractivity contribution < 1.29 is 27.4 Å². The fourth-order valence-electron chi connectivity index (χ4n) is 5.23. The number of aliphatic hydroxyl groups is 1. The molecule has 0 spiro atoms. The molecule has 1 aliphatic heterocycles. The summed E-state index contributed by atoms with van der Waals surface area (Å²) in [7, 11) is -2.40. The van der Waals surface area contributed by atoms with E-state index in [1.807, 2.05) is 29.5 Å². The molecule has 2 fully saturated rings. The summed E-state index contributed by atoms with van der Waals surface area (Å²) >= 11 is 2.05. The van der Waals surface area contributed by atoms with Gasteiger partial charge in [0, 0.05) is 21.7 Å². The summed E-state index contributed by atoms with van der Waals surface area (Å²) in [6, 6.07) is 2.68. The summed E-state index contributed by atoms with van der Waals surface area (Å²) < 4.78 is 49.2. The van der Waals surface area contributed by atoms with Crippen LogP contribution in [0.3, 0.4) is 0 Å². The molecule has 0 bridgehead atoms. The Labute approximate surface area is 209 Å². The number of nitrogens with zero attached hydrogens (tertiary/aromatic N) is 1. The lowest BCUT2D eigenvalue weighted by Crippen LogP contribution is -2.58. The highest BCUT2D eigenvalue weighted by Crippen LogP contribution is 2.52. The molecule has 182 valence electrons. The van der Waals surface area contributed by atoms with Crippen LogP contribution in [0.15, 0.2) is 36.4 Å². The smallest absolute Gasteiger partial charge is 0.316 e. The number of esters is 1. The van der Waals surface area contributed by atoms with Crippen LogP contribution in [0.5, 0.6) is 0 Å². The van der Waals surface area contributed by atoms with Gasteiger partial charge in [-0.3, -0.25) is 4.79 Å². The average Bonchev–Trinajstić information content (AvgIpc) is 2.70. The van der Waals surface area contributed by atoms with E-state index in [-0.39, 0.29) is 31.0 Å². The van der Waals surface area contributed by atoms with Gasteiger partial charge in [-0.2, -0.15) is 4.31 Å². The molecule has 0 unspecified atom stereocenters. The molecular weight excluding hydrogens is 560 g/mol. The average molecular weight is 591 g/mol. The number of benzene rings is 1. The van der Waals surface area contributed by atoms with Crippen molar-refractivity contribution in [1.29, 1.82) is 0 Å². The monoisotopic (exact) mass is 591 g/mol. The number of hydrogen-bond donors (Lipinski definition) is 1. The van der Waals surface area contributed by atoms with Gasteiger partial charge in [0.2, 0.25) is 10.0 Å². The maximum Gasteiger partial charge on any atom is 0.316 e. The van der Waals surface area contributed by atoms with Crippen molar-refractivity contribution in [2.75, 3.05) is 7.11 Å². The van der Waals surface area contributed by atoms with Crippen molar-refractivity contribution in [3.05, 3.63) is 57.0 Å². The largest absolute Gasteiger partial charge is 0.468 e. The summed E-state index contributed by atoms with van der Waals surface area (Å²) in [5, 5.41) is 9.63. The summed E-state index contributed by atoms with van der Waals surface area (Å²) in [5.41, 5.74) is -0.887. The van der Waals surface area contributed by atoms with E-state index in [0.717, 1.165) is 5.57 Å². The van der Waals surface area contributed by atoms with E-state index in [2.05, 4.69) is 6.58 Å². The number of sulfonamides is 1. The maximum absolute atomic E-state index is 15.4. The Hall–Kier alpha value is -1.30. The van der Waals surface area contributed by atoms with Crippen molar-refractivity contribution >= 4 is 38.6 Å². The normalized spacial score (nSPS) is 32.2. The van der Waals surface area contributed by atoms with Crippen LogP contribution in [0, 0.1) is 9.39 Å². The number of rotatable bonds is 6. The second-order valence-electron chi connectivity index (χ2n) is 9.50. The maximum atomic E-state index is 15.4. The van der Waals surface area contributed by atoms with E-state index in [9.17, 15) is 18.3 Å². The molecule has 1 aromatic carbocycles. The molecular formula is C24H31FINO5S. The first-order valence-electron chi connectivity index (χ1n) is 10.9. The first-order valence-corrected chi connectivity index (χ1v) is 13.5. The molecule has 1 heterocycles. The molecule has 1 saturated carbocycles. The van der Waals surface area contributed by atoms with Gasteiger partial charge in [-0.25, -0.2) is 12.8 Å². The molecule has 1 aromatic rings. The van der Waals surface area contributed by atoms with Crippen LogP contribution in [0.2, 0.25) is 0 Å². The van der Waals surface area contributed by atoms with Gasteiger partial charge in [0.25, 0.3) is 0 Å². The van der Waals surface area contributed by atoms with Gasteiger partial charge < -0.3 is 9.84 Å². The second-order valence-corrected chi connectivity index (χ2v) is 12.7. The van der Waals surface area contributed by atoms with Crippen LogP contribution < -0.4 is 0 Å². The van der Waals surface area contributed by atoms with E-state index >= 15 is 4.39 Å². The molecule has 0 aromatic heterocycles. The summed E-state index contributed by atoms with van der Waals surface area (Å²) in [5.74, 6) is -1.19. The highest BCUT2D eigenvalue weighted by molar-refractivity contribution is 14.1. The minimum absolute atomic E-state index is 0.0415. The van der Waals surface area contributed by atoms with E-state index < -0.39 is 38.1 Å². The van der Waals surface area contributed by atoms with Crippen LogP contribution in [0.4, 0.5) is 4.39 Å². The molecule has 33 heavy (non-hydrogen) atoms. The van der Waals surface area contributed by atoms with Gasteiger partial charge in [0.15, 0.2) is 0 Å². The van der Waals surface area contributed by atoms with Crippen molar-refractivity contribution in [3.8, 4) is 0 Å². The summed E-state index contributed by atoms with van der Waals surface area (Å²) in [6.07, 6.45) is 4.65. The van der Waals surface area contributed by atoms with E-state index in [1.165, 1.54) is 17.5 Å². The SMILES string of the molecule is C=C/C=C(\C)[C@H]1CC[C@H](C)N(Cc2cc(F)c(C3(C(=O)OC)CC(C)(O)C3)cc2I)S1(=O)=O. The van der Waals surface area contributed by atoms with Gasteiger partial charge in [0.1, 0.15) is 11.2 Å². The standard InChI is InChI=1S/C24H31FINO5S/c1-6-7-15(2)21-9-8-16(3)27(33(21,30)31)12-17-10-19(25)18(11-20(17)26)24(22(28)32-5)13-23(4,29)14-24/h6-7,10-11,16,21,29H,1,8-9,12-14H2,2-5H3/b15-7+/t16-,21+,23?,24?/m0/s1. The predicted molar refractivity (Wildman–Crippen MR) is 134 cm³/mol. The van der Waals surface area contributed by atoms with E-state index in [4.69, 9.17) is 4.74 Å². The Kier molecular flexibility index (Phi) is 7.49. The van der Waals surface area contributed by atoms with E-state index in [0.29, 0.717) is 22.0 Å². The van der Waals surface area contributed by atoms with Crippen molar-refractivity contribution in [2.45, 2.75) is 75.3 Å². The Balaban J connectivity index is 1.97. The molecule has 1 saturated heterocycles. The van der Waals surface area contributed by atoms with Gasteiger partial charge >= 0.3 is 5.97 Å². The molecule has 0 amide bonds. The number of methoxy groups -OCH3 is 1. The van der Waals surface area contributed by atoms with Gasteiger partial charge in [-0.15, -0.1) is 0 Å². The Morgan fingerprint density at radius 2 is 2.03 bits per heavy atom. The highest BCUT2D eigenvalue weighted by Gasteiger charge is 2.59. The van der Waals surface area contributed by atoms with Crippen LogP contribution in [0.1, 0.15) is 57.6 Å². The van der Waals surface area contributed by atoms with Crippen molar-refractivity contribution in [2.24, 2.45) is 0 Å². The first kappa shape index (κ1) is 26.3. The molecule has 1 N–H and O–H groups in total. The second kappa shape index (κ2) is 9.39. The Bertz CT molecular complexity index is 1090. The van der Waals surface area contributed by atoms with Crippen LogP contribution in [-0.2, 0) is 31.5 Å². The molecule has 6 nitrogen and oxygen atoms in total. The third-order valence-corrected chi connectivity index (χ3v) is 10.3. The van der Waals surface area contributed by atoms with Gasteiger partial charge in [0.05, 0.1) is 18.0 Å². The van der Waals surface area contributed by atoms with Crippen LogP contribution in [0.25, 0.3) is 0 Å². The number of halogens is 2. The van der Waals surface area contributed by atoms with Gasteiger partial charge in [-0.1, -0.05) is 24.3 Å². The number of allylic oxidation sites excluding steroid dienone is 2. The van der Waals surface area contributed by atoms with Crippen molar-refractivity contribution in [3.63, 3.8) is 0 Å².